The molecule has 1 aromatic carbocycles. The Hall–Kier alpha value is -2.42. The molecule has 1 aliphatic rings. The van der Waals surface area contributed by atoms with E-state index in [-0.39, 0.29) is 11.5 Å². The number of nitrogens with zero attached hydrogens (tertiary/aromatic N) is 2. The number of guanidine groups is 1. The Labute approximate surface area is 159 Å². The van der Waals surface area contributed by atoms with E-state index < -0.39 is 38.8 Å². The lowest BCUT2D eigenvalue weighted by Crippen LogP contribution is -2.54. The maximum Gasteiger partial charge on any atom is 0.414 e. The average molecular weight is 397 g/mol. The van der Waals surface area contributed by atoms with Gasteiger partial charge in [-0.25, -0.2) is 26.9 Å². The predicted octanol–water partition coefficient (Wildman–Crippen LogP) is 2.84. The van der Waals surface area contributed by atoms with Crippen LogP contribution < -0.4 is 5.32 Å². The minimum absolute atomic E-state index is 0.0973. The lowest BCUT2D eigenvalue weighted by Gasteiger charge is -2.36. The molecule has 0 aliphatic carbocycles. The summed E-state index contributed by atoms with van der Waals surface area (Å²) in [6, 6.07) is 4.26. The highest BCUT2D eigenvalue weighted by molar-refractivity contribution is 7.89. The second-order valence-corrected chi connectivity index (χ2v) is 9.50. The van der Waals surface area contributed by atoms with Crippen LogP contribution in [-0.2, 0) is 20.3 Å². The highest BCUT2D eigenvalue weighted by Gasteiger charge is 2.43. The molecule has 0 unspecified atom stereocenters. The zero-order valence-electron chi connectivity index (χ0n) is 16.0. The Bertz CT molecular complexity index is 906. The first kappa shape index (κ1) is 20.9. The van der Waals surface area contributed by atoms with Gasteiger partial charge >= 0.3 is 6.09 Å². The second kappa shape index (κ2) is 6.95. The van der Waals surface area contributed by atoms with E-state index in [4.69, 9.17) is 4.74 Å². The number of hydrogen-bond acceptors (Lipinski definition) is 5. The number of sulfonamides is 1. The molecule has 1 aromatic rings. The van der Waals surface area contributed by atoms with Crippen molar-refractivity contribution >= 4 is 28.2 Å². The first-order valence-electron chi connectivity index (χ1n) is 8.26. The summed E-state index contributed by atoms with van der Waals surface area (Å²) >= 11 is 0. The second-order valence-electron chi connectivity index (χ2n) is 7.50. The summed E-state index contributed by atoms with van der Waals surface area (Å²) in [7, 11) is -2.59. The highest BCUT2D eigenvalue weighted by atomic mass is 32.2. The Morgan fingerprint density at radius 2 is 2.07 bits per heavy atom. The monoisotopic (exact) mass is 397 g/mol. The van der Waals surface area contributed by atoms with Gasteiger partial charge in [-0.2, -0.15) is 0 Å². The zero-order valence-corrected chi connectivity index (χ0v) is 16.9. The SMILES string of the molecule is C=Cc1ccc(F)c([C@]2(C)CS(=O)(=O)N(C)C(NC(=O)OC(C)(C)C)=N2)c1. The molecule has 148 valence electrons. The molecule has 0 saturated heterocycles. The van der Waals surface area contributed by atoms with E-state index in [0.717, 1.165) is 4.31 Å². The molecular formula is C18H24FN3O4S. The van der Waals surface area contributed by atoms with Crippen molar-refractivity contribution in [1.82, 2.24) is 9.62 Å². The van der Waals surface area contributed by atoms with Gasteiger partial charge in [-0.1, -0.05) is 18.7 Å². The fourth-order valence-corrected chi connectivity index (χ4v) is 4.12. The summed E-state index contributed by atoms with van der Waals surface area (Å²) in [5.74, 6) is -1.28. The Balaban J connectivity index is 2.52. The number of benzene rings is 1. The molecule has 1 N–H and O–H groups in total. The Morgan fingerprint density at radius 1 is 1.44 bits per heavy atom. The van der Waals surface area contributed by atoms with Gasteiger partial charge in [0.25, 0.3) is 0 Å². The van der Waals surface area contributed by atoms with Gasteiger partial charge < -0.3 is 4.74 Å². The van der Waals surface area contributed by atoms with Crippen LogP contribution in [0.2, 0.25) is 0 Å². The van der Waals surface area contributed by atoms with E-state index in [0.29, 0.717) is 5.56 Å². The Kier molecular flexibility index (Phi) is 5.38. The van der Waals surface area contributed by atoms with Crippen molar-refractivity contribution in [2.24, 2.45) is 4.99 Å². The van der Waals surface area contributed by atoms with E-state index in [1.54, 1.807) is 20.8 Å². The normalized spacial score (nSPS) is 22.0. The molecule has 0 fully saturated rings. The molecule has 0 radical (unpaired) electrons. The molecule has 1 atom stereocenters. The summed E-state index contributed by atoms with van der Waals surface area (Å²) in [6.07, 6.45) is 0.673. The van der Waals surface area contributed by atoms with Gasteiger partial charge in [0.05, 0.1) is 5.75 Å². The van der Waals surface area contributed by atoms with E-state index in [2.05, 4.69) is 16.9 Å². The minimum atomic E-state index is -3.85. The van der Waals surface area contributed by atoms with E-state index in [9.17, 15) is 17.6 Å². The molecule has 0 bridgehead atoms. The molecule has 9 heteroatoms. The van der Waals surface area contributed by atoms with Gasteiger partial charge in [-0.15, -0.1) is 0 Å². The number of alkyl carbamates (subject to hydrolysis) is 1. The number of amides is 1. The van der Waals surface area contributed by atoms with E-state index >= 15 is 0 Å². The highest BCUT2D eigenvalue weighted by Crippen LogP contribution is 2.34. The molecule has 7 nitrogen and oxygen atoms in total. The first-order valence-corrected chi connectivity index (χ1v) is 9.87. The Morgan fingerprint density at radius 3 is 2.63 bits per heavy atom. The van der Waals surface area contributed by atoms with Crippen molar-refractivity contribution < 1.29 is 22.3 Å². The third-order valence-corrected chi connectivity index (χ3v) is 5.89. The van der Waals surface area contributed by atoms with Crippen molar-refractivity contribution in [3.05, 3.63) is 41.7 Å². The summed E-state index contributed by atoms with van der Waals surface area (Å²) < 4.78 is 45.7. The molecule has 1 heterocycles. The number of halogens is 1. The van der Waals surface area contributed by atoms with Gasteiger partial charge in [0, 0.05) is 12.6 Å². The van der Waals surface area contributed by atoms with Gasteiger partial charge in [-0.05, 0) is 45.4 Å². The number of rotatable bonds is 2. The molecule has 1 aliphatic heterocycles. The van der Waals surface area contributed by atoms with Crippen LogP contribution in [-0.4, -0.2) is 43.2 Å². The number of hydrogen-bond donors (Lipinski definition) is 1. The maximum atomic E-state index is 14.5. The number of carbonyl (C=O) groups excluding carboxylic acids is 1. The van der Waals surface area contributed by atoms with Gasteiger partial charge in [0.1, 0.15) is 17.0 Å². The zero-order chi connectivity index (χ0) is 20.6. The molecular weight excluding hydrogens is 373 g/mol. The molecule has 0 spiro atoms. The minimum Gasteiger partial charge on any atom is -0.444 e. The maximum absolute atomic E-state index is 14.5. The van der Waals surface area contributed by atoms with Gasteiger partial charge in [0.2, 0.25) is 16.0 Å². The molecule has 1 amide bonds. The lowest BCUT2D eigenvalue weighted by atomic mass is 9.92. The fourth-order valence-electron chi connectivity index (χ4n) is 2.64. The number of carbonyl (C=O) groups is 1. The van der Waals surface area contributed by atoms with Crippen LogP contribution in [0.3, 0.4) is 0 Å². The smallest absolute Gasteiger partial charge is 0.414 e. The van der Waals surface area contributed by atoms with Crippen molar-refractivity contribution in [3.63, 3.8) is 0 Å². The summed E-state index contributed by atoms with van der Waals surface area (Å²) in [5, 5.41) is 2.35. The van der Waals surface area contributed by atoms with Crippen LogP contribution in [0.4, 0.5) is 9.18 Å². The standard InChI is InChI=1S/C18H24FN3O4S/c1-7-12-8-9-14(19)13(10-12)18(5)11-27(24,25)22(6)15(21-18)20-16(23)26-17(2,3)4/h7-10H,1,11H2,2-6H3,(H,20,21,23)/t18-/m0/s1. The van der Waals surface area contributed by atoms with E-state index in [1.807, 2.05) is 0 Å². The summed E-state index contributed by atoms with van der Waals surface area (Å²) in [4.78, 5) is 16.4. The predicted molar refractivity (Wildman–Crippen MR) is 102 cm³/mol. The van der Waals surface area contributed by atoms with Crippen LogP contribution in [0.5, 0.6) is 0 Å². The third kappa shape index (κ3) is 4.65. The van der Waals surface area contributed by atoms with Gasteiger partial charge in [-0.3, -0.25) is 5.32 Å². The summed E-state index contributed by atoms with van der Waals surface area (Å²) in [6.45, 7) is 10.2. The quantitative estimate of drug-likeness (QED) is 0.831. The largest absolute Gasteiger partial charge is 0.444 e. The number of ether oxygens (including phenoxy) is 1. The van der Waals surface area contributed by atoms with Crippen molar-refractivity contribution in [3.8, 4) is 0 Å². The summed E-state index contributed by atoms with van der Waals surface area (Å²) in [5.41, 5.74) is -1.48. The van der Waals surface area contributed by atoms with Crippen LogP contribution >= 0.6 is 0 Å². The molecule has 0 saturated carbocycles. The topological polar surface area (TPSA) is 88.1 Å². The molecule has 2 rings (SSSR count). The van der Waals surface area contributed by atoms with Crippen LogP contribution in [0.1, 0.15) is 38.8 Å². The first-order chi connectivity index (χ1) is 12.3. The fraction of sp³-hybridized carbons (Fsp3) is 0.444. The number of aliphatic imine (C=N–C) groups is 1. The average Bonchev–Trinajstić information content (AvgIpc) is 2.50. The van der Waals surface area contributed by atoms with Crippen molar-refractivity contribution in [2.75, 3.05) is 12.8 Å². The van der Waals surface area contributed by atoms with E-state index in [1.165, 1.54) is 38.2 Å². The molecule has 0 aromatic heterocycles. The molecule has 27 heavy (non-hydrogen) atoms. The number of nitrogens with one attached hydrogen (secondary N) is 1. The third-order valence-electron chi connectivity index (χ3n) is 3.95. The van der Waals surface area contributed by atoms with Crippen LogP contribution in [0.25, 0.3) is 6.08 Å². The van der Waals surface area contributed by atoms with Crippen molar-refractivity contribution in [1.29, 1.82) is 0 Å². The van der Waals surface area contributed by atoms with Crippen molar-refractivity contribution in [2.45, 2.75) is 38.8 Å². The van der Waals surface area contributed by atoms with Gasteiger partial charge in [0.15, 0.2) is 0 Å². The van der Waals surface area contributed by atoms with Crippen LogP contribution in [0.15, 0.2) is 29.8 Å². The van der Waals surface area contributed by atoms with Crippen LogP contribution in [0, 0.1) is 5.82 Å². The lowest BCUT2D eigenvalue weighted by molar-refractivity contribution is 0.0559.